The molecule has 0 saturated carbocycles. The number of unbranched alkanes of at least 4 members (excludes halogenated alkanes) is 1. The molecule has 0 aliphatic rings. The van der Waals surface area contributed by atoms with E-state index < -0.39 is 11.9 Å². The fourth-order valence-corrected chi connectivity index (χ4v) is 3.52. The average molecular weight is 531 g/mol. The van der Waals surface area contributed by atoms with Gasteiger partial charge in [0.2, 0.25) is 0 Å². The molecule has 0 saturated heterocycles. The lowest BCUT2D eigenvalue weighted by Gasteiger charge is -2.12. The molecule has 2 rings (SSSR count). The molecular formula is C32H50O6. The number of benzene rings is 2. The van der Waals surface area contributed by atoms with Gasteiger partial charge in [0.05, 0.1) is 23.3 Å². The third kappa shape index (κ3) is 23.4. The maximum absolute atomic E-state index is 10.2. The number of carbonyl (C=O) groups is 2. The highest BCUT2D eigenvalue weighted by molar-refractivity contribution is 5.87. The summed E-state index contributed by atoms with van der Waals surface area (Å²) in [6.07, 6.45) is 11.7. The van der Waals surface area contributed by atoms with E-state index in [-0.39, 0.29) is 12.2 Å². The minimum absolute atomic E-state index is 0.310. The highest BCUT2D eigenvalue weighted by Gasteiger charge is 2.05. The fraction of sp³-hybridized carbons (Fsp3) is 0.500. The molecule has 6 nitrogen and oxygen atoms in total. The minimum Gasteiger partial charge on any atom is -0.478 e. The first-order valence-electron chi connectivity index (χ1n) is 13.7. The van der Waals surface area contributed by atoms with Gasteiger partial charge in [-0.3, -0.25) is 0 Å². The Balaban J connectivity index is 0. The van der Waals surface area contributed by atoms with Gasteiger partial charge in [0.15, 0.2) is 0 Å². The van der Waals surface area contributed by atoms with E-state index in [0.29, 0.717) is 17.5 Å². The van der Waals surface area contributed by atoms with Crippen LogP contribution in [0, 0.1) is 5.92 Å². The topological polar surface area (TPSA) is 115 Å². The Morgan fingerprint density at radius 2 is 1.21 bits per heavy atom. The van der Waals surface area contributed by atoms with Crippen LogP contribution >= 0.6 is 0 Å². The van der Waals surface area contributed by atoms with Gasteiger partial charge in [-0.25, -0.2) is 9.59 Å². The number of hydrogen-bond donors (Lipinski definition) is 4. The first-order chi connectivity index (χ1) is 18.1. The summed E-state index contributed by atoms with van der Waals surface area (Å²) in [4.78, 5) is 20.4. The maximum Gasteiger partial charge on any atom is 0.335 e. The van der Waals surface area contributed by atoms with E-state index in [2.05, 4.69) is 26.5 Å². The van der Waals surface area contributed by atoms with Crippen LogP contribution in [0.4, 0.5) is 0 Å². The van der Waals surface area contributed by atoms with Crippen LogP contribution < -0.4 is 0 Å². The summed E-state index contributed by atoms with van der Waals surface area (Å²) >= 11 is 0. The van der Waals surface area contributed by atoms with Gasteiger partial charge in [0.25, 0.3) is 0 Å². The molecule has 3 unspecified atom stereocenters. The number of allylic oxidation sites excluding steroid dienone is 1. The van der Waals surface area contributed by atoms with Crippen LogP contribution in [0.1, 0.15) is 106 Å². The zero-order chi connectivity index (χ0) is 29.2. The number of aliphatic hydroxyl groups is 2. The van der Waals surface area contributed by atoms with Crippen molar-refractivity contribution in [1.82, 2.24) is 0 Å². The predicted molar refractivity (Wildman–Crippen MR) is 157 cm³/mol. The zero-order valence-corrected chi connectivity index (χ0v) is 23.8. The molecule has 2 aromatic rings. The van der Waals surface area contributed by atoms with Crippen LogP contribution in [-0.4, -0.2) is 44.6 Å². The van der Waals surface area contributed by atoms with Crippen molar-refractivity contribution >= 4 is 11.9 Å². The van der Waals surface area contributed by atoms with Crippen molar-refractivity contribution in [2.24, 2.45) is 5.92 Å². The molecule has 0 amide bonds. The maximum atomic E-state index is 10.2. The highest BCUT2D eigenvalue weighted by Crippen LogP contribution is 2.18. The standard InChI is InChI=1S/C11H22.2C7H6O2.C7H16O2/c1-4-7-10-11(8-5-2)9-6-3;2*8-7(9)6-4-2-1-3-5-6;1-3-4-7(9)5-6(2)8/h5,11H,2,4,6-10H2,1,3H3;2*1-5H,(H,8,9);6-9H,3-5H2,1-2H3. The summed E-state index contributed by atoms with van der Waals surface area (Å²) in [6, 6.07) is 16.6. The fourth-order valence-electron chi connectivity index (χ4n) is 3.52. The van der Waals surface area contributed by atoms with Crippen LogP contribution in [0.5, 0.6) is 0 Å². The van der Waals surface area contributed by atoms with Crippen LogP contribution in [0.15, 0.2) is 73.3 Å². The highest BCUT2D eigenvalue weighted by atomic mass is 16.4. The largest absolute Gasteiger partial charge is 0.478 e. The third-order valence-electron chi connectivity index (χ3n) is 5.44. The summed E-state index contributed by atoms with van der Waals surface area (Å²) in [7, 11) is 0. The second kappa shape index (κ2) is 25.7. The van der Waals surface area contributed by atoms with Gasteiger partial charge in [-0.15, -0.1) is 6.58 Å². The number of aromatic carboxylic acids is 2. The third-order valence-corrected chi connectivity index (χ3v) is 5.44. The summed E-state index contributed by atoms with van der Waals surface area (Å²) < 4.78 is 0. The first-order valence-corrected chi connectivity index (χ1v) is 13.7. The Kier molecular flexibility index (Phi) is 25.1. The van der Waals surface area contributed by atoms with Gasteiger partial charge in [0, 0.05) is 0 Å². The SMILES string of the molecule is C=CCC(CCC)CCCC.CCCC(O)CC(C)O.O=C(O)c1ccccc1.O=C(O)c1ccccc1. The summed E-state index contributed by atoms with van der Waals surface area (Å²) in [6.45, 7) is 12.0. The second-order valence-corrected chi connectivity index (χ2v) is 9.19. The van der Waals surface area contributed by atoms with Crippen molar-refractivity contribution in [2.45, 2.75) is 97.7 Å². The Bertz CT molecular complexity index is 771. The molecule has 0 aliphatic carbocycles. The average Bonchev–Trinajstić information content (AvgIpc) is 2.89. The van der Waals surface area contributed by atoms with Gasteiger partial charge in [-0.05, 0) is 56.4 Å². The molecule has 4 N–H and O–H groups in total. The number of carboxylic acid groups (broad SMARTS) is 2. The number of carboxylic acids is 2. The molecule has 0 radical (unpaired) electrons. The van der Waals surface area contributed by atoms with Crippen LogP contribution in [0.3, 0.4) is 0 Å². The Morgan fingerprint density at radius 3 is 1.50 bits per heavy atom. The summed E-state index contributed by atoms with van der Waals surface area (Å²) in [5.74, 6) is -0.844. The van der Waals surface area contributed by atoms with E-state index in [9.17, 15) is 9.59 Å². The Morgan fingerprint density at radius 1 is 0.763 bits per heavy atom. The molecule has 38 heavy (non-hydrogen) atoms. The Hall–Kier alpha value is -2.96. The molecule has 6 heteroatoms. The second-order valence-electron chi connectivity index (χ2n) is 9.19. The van der Waals surface area contributed by atoms with Crippen molar-refractivity contribution in [3.05, 3.63) is 84.4 Å². The smallest absolute Gasteiger partial charge is 0.335 e. The van der Waals surface area contributed by atoms with E-state index >= 15 is 0 Å². The van der Waals surface area contributed by atoms with Crippen molar-refractivity contribution in [3.8, 4) is 0 Å². The van der Waals surface area contributed by atoms with Gasteiger partial charge >= 0.3 is 11.9 Å². The molecule has 0 bridgehead atoms. The number of aliphatic hydroxyl groups excluding tert-OH is 2. The molecular weight excluding hydrogens is 480 g/mol. The summed E-state index contributed by atoms with van der Waals surface area (Å²) in [5, 5.41) is 34.6. The molecule has 0 spiro atoms. The molecule has 2 aromatic carbocycles. The normalized spacial score (nSPS) is 12.1. The molecule has 0 aliphatic heterocycles. The van der Waals surface area contributed by atoms with E-state index in [1.54, 1.807) is 67.6 Å². The molecule has 214 valence electrons. The van der Waals surface area contributed by atoms with E-state index in [1.807, 2.05) is 6.92 Å². The predicted octanol–water partition coefficient (Wildman–Crippen LogP) is 7.86. The molecule has 0 fully saturated rings. The van der Waals surface area contributed by atoms with Crippen LogP contribution in [0.25, 0.3) is 0 Å². The Labute approximate surface area is 230 Å². The minimum atomic E-state index is -0.879. The lowest BCUT2D eigenvalue weighted by Crippen LogP contribution is -2.13. The van der Waals surface area contributed by atoms with Crippen molar-refractivity contribution in [2.75, 3.05) is 0 Å². The van der Waals surface area contributed by atoms with E-state index in [0.717, 1.165) is 18.8 Å². The van der Waals surface area contributed by atoms with E-state index in [4.69, 9.17) is 20.4 Å². The monoisotopic (exact) mass is 530 g/mol. The lowest BCUT2D eigenvalue weighted by atomic mass is 9.94. The summed E-state index contributed by atoms with van der Waals surface area (Å²) in [5.41, 5.74) is 0.662. The van der Waals surface area contributed by atoms with Crippen molar-refractivity contribution in [3.63, 3.8) is 0 Å². The van der Waals surface area contributed by atoms with Gasteiger partial charge in [-0.1, -0.05) is 102 Å². The van der Waals surface area contributed by atoms with Crippen LogP contribution in [0.2, 0.25) is 0 Å². The molecule has 0 aromatic heterocycles. The van der Waals surface area contributed by atoms with Crippen molar-refractivity contribution < 1.29 is 30.0 Å². The van der Waals surface area contributed by atoms with Crippen LogP contribution in [-0.2, 0) is 0 Å². The number of hydrogen-bond acceptors (Lipinski definition) is 4. The van der Waals surface area contributed by atoms with Gasteiger partial charge < -0.3 is 20.4 Å². The lowest BCUT2D eigenvalue weighted by molar-refractivity contribution is 0.0686. The van der Waals surface area contributed by atoms with Gasteiger partial charge in [0.1, 0.15) is 0 Å². The first kappa shape index (κ1) is 37.2. The number of rotatable bonds is 13. The van der Waals surface area contributed by atoms with Gasteiger partial charge in [-0.2, -0.15) is 0 Å². The molecule has 0 heterocycles. The quantitative estimate of drug-likeness (QED) is 0.196. The van der Waals surface area contributed by atoms with Crippen molar-refractivity contribution in [1.29, 1.82) is 0 Å². The molecule has 3 atom stereocenters. The zero-order valence-electron chi connectivity index (χ0n) is 23.8. The van der Waals surface area contributed by atoms with E-state index in [1.165, 1.54) is 38.5 Å².